The molecule has 1 aliphatic carbocycles. The number of hydrogen-bond donors (Lipinski definition) is 1. The zero-order valence-corrected chi connectivity index (χ0v) is 24.2. The molecule has 1 aliphatic heterocycles. The molecule has 0 bridgehead atoms. The Morgan fingerprint density at radius 2 is 1.98 bits per heavy atom. The van der Waals surface area contributed by atoms with Gasteiger partial charge in [0.25, 0.3) is 5.91 Å². The predicted molar refractivity (Wildman–Crippen MR) is 156 cm³/mol. The Hall–Kier alpha value is -4.87. The summed E-state index contributed by atoms with van der Waals surface area (Å²) in [6.45, 7) is 4.98. The van der Waals surface area contributed by atoms with Crippen LogP contribution < -0.4 is 19.7 Å². The van der Waals surface area contributed by atoms with Crippen molar-refractivity contribution in [2.45, 2.75) is 51.7 Å². The van der Waals surface area contributed by atoms with Crippen molar-refractivity contribution < 1.29 is 18.8 Å². The van der Waals surface area contributed by atoms with Crippen molar-refractivity contribution in [2.24, 2.45) is 7.05 Å². The summed E-state index contributed by atoms with van der Waals surface area (Å²) in [5.74, 6) is 2.75. The summed E-state index contributed by atoms with van der Waals surface area (Å²) in [4.78, 5) is 25.5. The highest BCUT2D eigenvalue weighted by atomic mass is 16.5. The number of benzene rings is 1. The SMILES string of the molecule is COc1ccc(CNc2ncnc3c2c2c(n3C(C)C)CN(c3cnn(C)c3)C(=O)c3c-2noc3C2CC2)c(OC)c1. The lowest BCUT2D eigenvalue weighted by atomic mass is 10.0. The molecule has 12 heteroatoms. The zero-order valence-electron chi connectivity index (χ0n) is 24.2. The fourth-order valence-corrected chi connectivity index (χ4v) is 5.88. The highest BCUT2D eigenvalue weighted by Crippen LogP contribution is 2.49. The first-order valence-corrected chi connectivity index (χ1v) is 14.0. The second kappa shape index (κ2) is 9.89. The number of carbonyl (C=O) groups is 1. The Labute approximate surface area is 242 Å². The van der Waals surface area contributed by atoms with Gasteiger partial charge in [-0.25, -0.2) is 9.97 Å². The van der Waals surface area contributed by atoms with Gasteiger partial charge in [0.1, 0.15) is 40.5 Å². The molecule has 0 spiro atoms. The van der Waals surface area contributed by atoms with Gasteiger partial charge in [-0.1, -0.05) is 5.16 Å². The van der Waals surface area contributed by atoms with Crippen LogP contribution in [0, 0.1) is 0 Å². The average molecular weight is 569 g/mol. The largest absolute Gasteiger partial charge is 0.497 e. The van der Waals surface area contributed by atoms with Gasteiger partial charge in [0.15, 0.2) is 5.76 Å². The summed E-state index contributed by atoms with van der Waals surface area (Å²) in [6, 6.07) is 5.76. The standard InChI is InChI=1S/C30H32N8O4/c1-16(2)38-21-14-37(19-12-34-36(3)13-19)30(39)25-26(35-42-27(25)17-6-7-17)23(21)24-28(32-15-33-29(24)38)31-11-18-8-9-20(40-4)10-22(18)41-5/h8-10,12-13,15-17H,6-7,11,14H2,1-5H3,(H,31,32,33). The molecule has 5 heterocycles. The van der Waals surface area contributed by atoms with Crippen LogP contribution in [0.3, 0.4) is 0 Å². The second-order valence-corrected chi connectivity index (χ2v) is 11.0. The molecule has 5 aromatic rings. The molecule has 0 unspecified atom stereocenters. The van der Waals surface area contributed by atoms with Crippen molar-refractivity contribution >= 4 is 28.4 Å². The third-order valence-electron chi connectivity index (χ3n) is 8.01. The van der Waals surface area contributed by atoms with Crippen LogP contribution in [0.15, 0.2) is 41.4 Å². The van der Waals surface area contributed by atoms with Crippen molar-refractivity contribution in [1.82, 2.24) is 29.5 Å². The minimum absolute atomic E-state index is 0.0443. The summed E-state index contributed by atoms with van der Waals surface area (Å²) in [5, 5.41) is 13.2. The van der Waals surface area contributed by atoms with Crippen molar-refractivity contribution in [3.05, 3.63) is 59.5 Å². The molecule has 0 saturated heterocycles. The first-order valence-electron chi connectivity index (χ1n) is 14.0. The van der Waals surface area contributed by atoms with E-state index in [4.69, 9.17) is 19.0 Å². The molecule has 0 radical (unpaired) electrons. The highest BCUT2D eigenvalue weighted by molar-refractivity contribution is 6.15. The summed E-state index contributed by atoms with van der Waals surface area (Å²) in [6.07, 6.45) is 7.08. The van der Waals surface area contributed by atoms with E-state index in [1.165, 1.54) is 0 Å². The van der Waals surface area contributed by atoms with Gasteiger partial charge < -0.3 is 23.9 Å². The minimum Gasteiger partial charge on any atom is -0.497 e. The molecule has 12 nitrogen and oxygen atoms in total. The number of fused-ring (bicyclic) bond motifs is 5. The summed E-state index contributed by atoms with van der Waals surface area (Å²) in [7, 11) is 5.11. The predicted octanol–water partition coefficient (Wildman–Crippen LogP) is 5.07. The van der Waals surface area contributed by atoms with Crippen LogP contribution in [0.1, 0.15) is 66.0 Å². The molecule has 1 N–H and O–H groups in total. The van der Waals surface area contributed by atoms with E-state index in [9.17, 15) is 4.79 Å². The molecular formula is C30H32N8O4. The average Bonchev–Trinajstić information content (AvgIpc) is 3.49. The van der Waals surface area contributed by atoms with E-state index >= 15 is 0 Å². The number of amides is 1. The number of ether oxygens (including phenoxy) is 2. The Balaban J connectivity index is 1.43. The third kappa shape index (κ3) is 4.08. The molecule has 1 fully saturated rings. The lowest BCUT2D eigenvalue weighted by Crippen LogP contribution is -2.30. The smallest absolute Gasteiger partial charge is 0.264 e. The number of nitrogens with one attached hydrogen (secondary N) is 1. The molecule has 1 amide bonds. The second-order valence-electron chi connectivity index (χ2n) is 11.0. The molecule has 216 valence electrons. The molecule has 1 saturated carbocycles. The number of hydrogen-bond acceptors (Lipinski definition) is 9. The van der Waals surface area contributed by atoms with E-state index in [1.807, 2.05) is 31.4 Å². The van der Waals surface area contributed by atoms with E-state index in [-0.39, 0.29) is 17.9 Å². The summed E-state index contributed by atoms with van der Waals surface area (Å²) < 4.78 is 20.8. The molecule has 7 rings (SSSR count). The van der Waals surface area contributed by atoms with Crippen LogP contribution >= 0.6 is 0 Å². The van der Waals surface area contributed by atoms with Crippen LogP contribution in [0.4, 0.5) is 11.5 Å². The highest BCUT2D eigenvalue weighted by Gasteiger charge is 2.42. The number of methoxy groups -OCH3 is 2. The van der Waals surface area contributed by atoms with E-state index in [1.54, 1.807) is 36.3 Å². The van der Waals surface area contributed by atoms with Crippen molar-refractivity contribution in [1.29, 1.82) is 0 Å². The van der Waals surface area contributed by atoms with E-state index in [0.717, 1.165) is 40.7 Å². The van der Waals surface area contributed by atoms with E-state index in [2.05, 4.69) is 39.0 Å². The molecule has 2 aliphatic rings. The lowest BCUT2D eigenvalue weighted by Gasteiger charge is -2.22. The first kappa shape index (κ1) is 26.1. The number of aromatic nitrogens is 6. The minimum atomic E-state index is -0.143. The zero-order chi connectivity index (χ0) is 29.1. The molecule has 1 aromatic carbocycles. The monoisotopic (exact) mass is 568 g/mol. The van der Waals surface area contributed by atoms with Gasteiger partial charge in [-0.05, 0) is 38.8 Å². The Bertz CT molecular complexity index is 1830. The maximum atomic E-state index is 14.3. The number of rotatable bonds is 8. The van der Waals surface area contributed by atoms with Gasteiger partial charge in [0.2, 0.25) is 0 Å². The molecule has 0 atom stereocenters. The van der Waals surface area contributed by atoms with Gasteiger partial charge in [0, 0.05) is 48.9 Å². The third-order valence-corrected chi connectivity index (χ3v) is 8.01. The van der Waals surface area contributed by atoms with Gasteiger partial charge in [0.05, 0.1) is 43.7 Å². The van der Waals surface area contributed by atoms with E-state index < -0.39 is 0 Å². The molecule has 4 aromatic heterocycles. The topological polar surface area (TPSA) is 125 Å². The van der Waals surface area contributed by atoms with Gasteiger partial charge in [-0.15, -0.1) is 0 Å². The lowest BCUT2D eigenvalue weighted by molar-refractivity contribution is 0.0984. The number of nitrogens with zero attached hydrogens (tertiary/aromatic N) is 7. The maximum Gasteiger partial charge on any atom is 0.264 e. The summed E-state index contributed by atoms with van der Waals surface area (Å²) >= 11 is 0. The fraction of sp³-hybridized carbons (Fsp3) is 0.367. The van der Waals surface area contributed by atoms with Crippen LogP contribution in [-0.4, -0.2) is 49.6 Å². The molecular weight excluding hydrogens is 536 g/mol. The molecule has 42 heavy (non-hydrogen) atoms. The normalized spacial score (nSPS) is 14.7. The van der Waals surface area contributed by atoms with Crippen molar-refractivity contribution in [3.63, 3.8) is 0 Å². The maximum absolute atomic E-state index is 14.3. The quantitative estimate of drug-likeness (QED) is 0.273. The Morgan fingerprint density at radius 3 is 2.67 bits per heavy atom. The van der Waals surface area contributed by atoms with Gasteiger partial charge in [-0.3, -0.25) is 14.4 Å². The summed E-state index contributed by atoms with van der Waals surface area (Å²) in [5.41, 5.74) is 5.18. The van der Waals surface area contributed by atoms with Crippen LogP contribution in [0.5, 0.6) is 11.5 Å². The van der Waals surface area contributed by atoms with Gasteiger partial charge >= 0.3 is 0 Å². The van der Waals surface area contributed by atoms with E-state index in [0.29, 0.717) is 53.1 Å². The van der Waals surface area contributed by atoms with Crippen LogP contribution in [0.25, 0.3) is 22.3 Å². The van der Waals surface area contributed by atoms with Crippen LogP contribution in [0.2, 0.25) is 0 Å². The number of aryl methyl sites for hydroxylation is 1. The number of carbonyl (C=O) groups excluding carboxylic acids is 1. The van der Waals surface area contributed by atoms with Crippen LogP contribution in [-0.2, 0) is 20.1 Å². The number of anilines is 2. The van der Waals surface area contributed by atoms with Crippen molar-refractivity contribution in [2.75, 3.05) is 24.4 Å². The van der Waals surface area contributed by atoms with Crippen molar-refractivity contribution in [3.8, 4) is 22.8 Å². The first-order chi connectivity index (χ1) is 20.4. The Morgan fingerprint density at radius 1 is 1.14 bits per heavy atom. The fourth-order valence-electron chi connectivity index (χ4n) is 5.88. The Kier molecular flexibility index (Phi) is 6.14. The van der Waals surface area contributed by atoms with Gasteiger partial charge in [-0.2, -0.15) is 5.10 Å².